The molecule has 2 rings (SSSR count). The molecule has 0 fully saturated rings. The monoisotopic (exact) mass is 237 g/mol. The Labute approximate surface area is 99.3 Å². The number of carbonyl (C=O) groups excluding carboxylic acids is 1. The smallest absolute Gasteiger partial charge is 0.283 e. The van der Waals surface area contributed by atoms with Gasteiger partial charge in [0, 0.05) is 22.5 Å². The maximum absolute atomic E-state index is 10.7. The molecule has 2 aromatic rings. The highest BCUT2D eigenvalue weighted by Crippen LogP contribution is 2.17. The fourth-order valence-corrected chi connectivity index (χ4v) is 1.58. The van der Waals surface area contributed by atoms with Crippen LogP contribution in [-0.2, 0) is 11.3 Å². The van der Waals surface area contributed by atoms with Crippen LogP contribution in [0.1, 0.15) is 0 Å². The summed E-state index contributed by atoms with van der Waals surface area (Å²) in [6.07, 6.45) is 3.65. The van der Waals surface area contributed by atoms with Crippen molar-refractivity contribution in [3.05, 3.63) is 36.7 Å². The van der Waals surface area contributed by atoms with Gasteiger partial charge in [0.25, 0.3) is 5.91 Å². The van der Waals surface area contributed by atoms with E-state index in [-0.39, 0.29) is 24.9 Å². The van der Waals surface area contributed by atoms with Crippen LogP contribution < -0.4 is 28.4 Å². The van der Waals surface area contributed by atoms with Gasteiger partial charge in [-0.1, -0.05) is 6.07 Å². The van der Waals surface area contributed by atoms with Crippen LogP contribution in [0.2, 0.25) is 0 Å². The number of nitrogens with zero attached hydrogens (tertiary/aromatic N) is 1. The molecule has 0 aliphatic carbocycles. The fourth-order valence-electron chi connectivity index (χ4n) is 1.58. The number of hydrogen-bond donors (Lipinski definition) is 2. The molecule has 0 aliphatic heterocycles. The lowest BCUT2D eigenvalue weighted by molar-refractivity contribution is -0.682. The zero-order valence-electron chi connectivity index (χ0n) is 8.56. The minimum absolute atomic E-state index is 0. The van der Waals surface area contributed by atoms with E-state index in [2.05, 4.69) is 0 Å². The summed E-state index contributed by atoms with van der Waals surface area (Å²) in [6, 6.07) is 7.56. The van der Waals surface area contributed by atoms with Gasteiger partial charge in [-0.05, 0) is 12.1 Å². The zero-order chi connectivity index (χ0) is 10.8. The Morgan fingerprint density at radius 3 is 2.75 bits per heavy atom. The Balaban J connectivity index is 0.00000128. The summed E-state index contributed by atoms with van der Waals surface area (Å²) in [7, 11) is 0. The predicted molar refractivity (Wildman–Crippen MR) is 57.7 cm³/mol. The molecule has 84 valence electrons. The first-order valence-electron chi connectivity index (χ1n) is 4.62. The van der Waals surface area contributed by atoms with E-state index in [9.17, 15) is 4.79 Å². The number of halogens is 1. The third kappa shape index (κ3) is 2.41. The number of anilines is 1. The van der Waals surface area contributed by atoms with Crippen LogP contribution in [0.15, 0.2) is 36.7 Å². The highest BCUT2D eigenvalue weighted by atomic mass is 35.5. The van der Waals surface area contributed by atoms with Gasteiger partial charge in [0.15, 0.2) is 12.4 Å². The molecule has 0 aliphatic rings. The Bertz CT molecular complexity index is 528. The topological polar surface area (TPSA) is 73.0 Å². The number of nitrogen functional groups attached to an aromatic ring is 1. The number of primary amides is 1. The molecule has 1 aromatic carbocycles. The van der Waals surface area contributed by atoms with Crippen LogP contribution in [0, 0.1) is 0 Å². The number of hydrogen-bond acceptors (Lipinski definition) is 2. The number of rotatable bonds is 2. The molecule has 16 heavy (non-hydrogen) atoms. The molecule has 4 N–H and O–H groups in total. The number of fused-ring (bicyclic) bond motifs is 1. The predicted octanol–water partition coefficient (Wildman–Crippen LogP) is -2.80. The van der Waals surface area contributed by atoms with E-state index in [1.54, 1.807) is 10.8 Å². The lowest BCUT2D eigenvalue weighted by atomic mass is 10.1. The van der Waals surface area contributed by atoms with Gasteiger partial charge in [-0.25, -0.2) is 0 Å². The van der Waals surface area contributed by atoms with Crippen LogP contribution in [0.25, 0.3) is 10.8 Å². The first-order valence-corrected chi connectivity index (χ1v) is 4.62. The first kappa shape index (κ1) is 12.3. The first-order chi connectivity index (χ1) is 7.16. The van der Waals surface area contributed by atoms with Crippen LogP contribution in [0.4, 0.5) is 5.69 Å². The number of nitrogens with two attached hydrogens (primary N) is 2. The van der Waals surface area contributed by atoms with Crippen molar-refractivity contribution in [1.29, 1.82) is 0 Å². The van der Waals surface area contributed by atoms with Gasteiger partial charge >= 0.3 is 0 Å². The highest BCUT2D eigenvalue weighted by Gasteiger charge is 2.07. The summed E-state index contributed by atoms with van der Waals surface area (Å²) in [5.41, 5.74) is 11.7. The third-order valence-corrected chi connectivity index (χ3v) is 2.25. The van der Waals surface area contributed by atoms with Gasteiger partial charge in [0.1, 0.15) is 0 Å². The molecule has 5 heteroatoms. The van der Waals surface area contributed by atoms with Crippen LogP contribution >= 0.6 is 0 Å². The molecule has 0 saturated carbocycles. The Morgan fingerprint density at radius 2 is 2.06 bits per heavy atom. The molecule has 4 nitrogen and oxygen atoms in total. The maximum atomic E-state index is 10.7. The SMILES string of the molecule is NC(=O)C[n+]1ccc2c(N)cccc2c1.[Cl-]. The minimum Gasteiger partial charge on any atom is -1.00 e. The third-order valence-electron chi connectivity index (χ3n) is 2.25. The molecule has 0 atom stereocenters. The Hall–Kier alpha value is -1.81. The number of pyridine rings is 1. The van der Waals surface area contributed by atoms with Gasteiger partial charge in [-0.2, -0.15) is 4.57 Å². The second-order valence-corrected chi connectivity index (χ2v) is 3.43. The van der Waals surface area contributed by atoms with Gasteiger partial charge in [0.05, 0.1) is 0 Å². The van der Waals surface area contributed by atoms with Crippen molar-refractivity contribution in [3.63, 3.8) is 0 Å². The number of benzene rings is 1. The summed E-state index contributed by atoms with van der Waals surface area (Å²) < 4.78 is 1.74. The zero-order valence-corrected chi connectivity index (χ0v) is 9.32. The fraction of sp³-hybridized carbons (Fsp3) is 0.0909. The molecule has 0 saturated heterocycles. The molecule has 0 radical (unpaired) electrons. The summed E-state index contributed by atoms with van der Waals surface area (Å²) >= 11 is 0. The van der Waals surface area contributed by atoms with Crippen molar-refractivity contribution in [2.75, 3.05) is 5.73 Å². The van der Waals surface area contributed by atoms with E-state index in [0.717, 1.165) is 16.5 Å². The lowest BCUT2D eigenvalue weighted by Crippen LogP contribution is -3.00. The van der Waals surface area contributed by atoms with E-state index in [0.29, 0.717) is 0 Å². The number of amides is 1. The van der Waals surface area contributed by atoms with E-state index < -0.39 is 0 Å². The van der Waals surface area contributed by atoms with Crippen molar-refractivity contribution < 1.29 is 21.8 Å². The van der Waals surface area contributed by atoms with Crippen LogP contribution in [-0.4, -0.2) is 5.91 Å². The summed E-state index contributed by atoms with van der Waals surface area (Å²) in [4.78, 5) is 10.7. The van der Waals surface area contributed by atoms with Crippen molar-refractivity contribution in [2.45, 2.75) is 6.54 Å². The second kappa shape index (κ2) is 4.81. The van der Waals surface area contributed by atoms with Crippen molar-refractivity contribution >= 4 is 22.4 Å². The van der Waals surface area contributed by atoms with E-state index in [1.807, 2.05) is 30.5 Å². The van der Waals surface area contributed by atoms with E-state index in [1.165, 1.54) is 0 Å². The average Bonchev–Trinajstić information content (AvgIpc) is 2.17. The van der Waals surface area contributed by atoms with Crippen LogP contribution in [0.3, 0.4) is 0 Å². The van der Waals surface area contributed by atoms with Crippen molar-refractivity contribution in [2.24, 2.45) is 5.73 Å². The quantitative estimate of drug-likeness (QED) is 0.438. The molecule has 0 spiro atoms. The molecule has 1 heterocycles. The number of aromatic nitrogens is 1. The van der Waals surface area contributed by atoms with Gasteiger partial charge in [-0.3, -0.25) is 4.79 Å². The standard InChI is InChI=1S/C11H11N3O.ClH/c12-10-3-1-2-8-6-14(7-11(13)15)5-4-9(8)10;/h1-6H,7,12H2,(H-,13,15);1H. The highest BCUT2D eigenvalue weighted by molar-refractivity contribution is 5.91. The molecule has 1 amide bonds. The molecule has 0 bridgehead atoms. The van der Waals surface area contributed by atoms with Crippen molar-refractivity contribution in [3.8, 4) is 0 Å². The molecular formula is C11H12ClN3O. The largest absolute Gasteiger partial charge is 1.00 e. The normalized spacial score (nSPS) is 9.75. The Kier molecular flexibility index (Phi) is 3.68. The molecule has 1 aromatic heterocycles. The summed E-state index contributed by atoms with van der Waals surface area (Å²) in [5, 5.41) is 1.98. The minimum atomic E-state index is -0.358. The van der Waals surface area contributed by atoms with E-state index in [4.69, 9.17) is 11.5 Å². The molecule has 0 unspecified atom stereocenters. The summed E-state index contributed by atoms with van der Waals surface area (Å²) in [5.74, 6) is -0.358. The maximum Gasteiger partial charge on any atom is 0.283 e. The molecular weight excluding hydrogens is 226 g/mol. The van der Waals surface area contributed by atoms with Gasteiger partial charge in [-0.15, -0.1) is 0 Å². The van der Waals surface area contributed by atoms with Gasteiger partial charge in [0.2, 0.25) is 6.54 Å². The van der Waals surface area contributed by atoms with E-state index >= 15 is 0 Å². The number of carbonyl (C=O) groups is 1. The summed E-state index contributed by atoms with van der Waals surface area (Å²) in [6.45, 7) is 0.185. The average molecular weight is 238 g/mol. The van der Waals surface area contributed by atoms with Gasteiger partial charge < -0.3 is 23.9 Å². The Morgan fingerprint density at radius 1 is 1.31 bits per heavy atom. The van der Waals surface area contributed by atoms with Crippen molar-refractivity contribution in [1.82, 2.24) is 0 Å². The second-order valence-electron chi connectivity index (χ2n) is 3.43. The lowest BCUT2D eigenvalue weighted by Gasteiger charge is -2.00. The van der Waals surface area contributed by atoms with Crippen LogP contribution in [0.5, 0.6) is 0 Å².